The number of nitrogen functional groups attached to an aromatic ring is 1. The molecule has 28 heavy (non-hydrogen) atoms. The van der Waals surface area contributed by atoms with Crippen LogP contribution >= 0.6 is 0 Å². The van der Waals surface area contributed by atoms with Gasteiger partial charge in [0.1, 0.15) is 18.1 Å². The van der Waals surface area contributed by atoms with Gasteiger partial charge in [-0.05, 0) is 39.0 Å². The van der Waals surface area contributed by atoms with Gasteiger partial charge in [-0.15, -0.1) is 0 Å². The number of aliphatic imine (C=N–C) groups is 1. The van der Waals surface area contributed by atoms with Crippen molar-refractivity contribution in [1.82, 2.24) is 9.55 Å². The van der Waals surface area contributed by atoms with E-state index in [1.165, 1.54) is 7.11 Å². The first-order chi connectivity index (χ1) is 13.2. The lowest BCUT2D eigenvalue weighted by Gasteiger charge is -2.22. The number of aromatic nitrogens is 2. The van der Waals surface area contributed by atoms with Crippen molar-refractivity contribution in [3.8, 4) is 11.3 Å². The normalized spacial score (nSPS) is 11.9. The van der Waals surface area contributed by atoms with Crippen molar-refractivity contribution >= 4 is 17.9 Å². The van der Waals surface area contributed by atoms with Crippen molar-refractivity contribution in [2.24, 2.45) is 4.99 Å². The van der Waals surface area contributed by atoms with Gasteiger partial charge in [0.05, 0.1) is 30.5 Å². The molecule has 2 aromatic rings. The molecule has 8 nitrogen and oxygen atoms in total. The summed E-state index contributed by atoms with van der Waals surface area (Å²) in [7, 11) is 2.98. The van der Waals surface area contributed by atoms with Gasteiger partial charge in [-0.1, -0.05) is 0 Å². The van der Waals surface area contributed by atoms with Crippen LogP contribution in [0.2, 0.25) is 0 Å². The molecule has 0 bridgehead atoms. The number of hydrogen-bond acceptors (Lipinski definition) is 7. The monoisotopic (exact) mass is 388 g/mol. The molecule has 0 radical (unpaired) electrons. The first kappa shape index (κ1) is 21.6. The van der Waals surface area contributed by atoms with E-state index < -0.39 is 11.6 Å². The summed E-state index contributed by atoms with van der Waals surface area (Å²) in [5, 5.41) is 10.4. The van der Waals surface area contributed by atoms with Gasteiger partial charge in [0.2, 0.25) is 0 Å². The Morgan fingerprint density at radius 2 is 2.14 bits per heavy atom. The van der Waals surface area contributed by atoms with Crippen molar-refractivity contribution in [3.63, 3.8) is 0 Å². The van der Waals surface area contributed by atoms with Crippen LogP contribution in [0, 0.1) is 0 Å². The van der Waals surface area contributed by atoms with Crippen molar-refractivity contribution in [1.29, 1.82) is 0 Å². The van der Waals surface area contributed by atoms with Crippen LogP contribution in [-0.2, 0) is 22.6 Å². The zero-order valence-electron chi connectivity index (χ0n) is 17.0. The summed E-state index contributed by atoms with van der Waals surface area (Å²) in [5.74, 6) is 0.195. The van der Waals surface area contributed by atoms with Crippen molar-refractivity contribution in [2.45, 2.75) is 39.5 Å². The smallest absolute Gasteiger partial charge is 0.337 e. The fourth-order valence-electron chi connectivity index (χ4n) is 2.90. The van der Waals surface area contributed by atoms with Crippen LogP contribution in [0.4, 0.5) is 5.69 Å². The van der Waals surface area contributed by atoms with E-state index in [2.05, 4.69) is 9.98 Å². The second-order valence-corrected chi connectivity index (χ2v) is 6.98. The third-order valence-electron chi connectivity index (χ3n) is 4.03. The number of nitrogens with zero attached hydrogens (tertiary/aromatic N) is 3. The molecule has 0 aliphatic rings. The molecule has 1 aromatic carbocycles. The number of esters is 1. The number of benzene rings is 1. The fraction of sp³-hybridized carbons (Fsp3) is 0.450. The number of anilines is 1. The Hall–Kier alpha value is -2.71. The highest BCUT2D eigenvalue weighted by molar-refractivity contribution is 5.95. The Balaban J connectivity index is 2.69. The highest BCUT2D eigenvalue weighted by atomic mass is 16.5. The molecule has 2 rings (SSSR count). The van der Waals surface area contributed by atoms with Crippen molar-refractivity contribution in [3.05, 3.63) is 35.3 Å². The van der Waals surface area contributed by atoms with E-state index in [1.54, 1.807) is 45.3 Å². The summed E-state index contributed by atoms with van der Waals surface area (Å²) in [6, 6.07) is 4.96. The highest BCUT2D eigenvalue weighted by Gasteiger charge is 2.24. The average Bonchev–Trinajstić information content (AvgIpc) is 2.94. The number of carbonyl (C=O) groups is 1. The van der Waals surface area contributed by atoms with Gasteiger partial charge in [-0.2, -0.15) is 0 Å². The number of methoxy groups -OCH3 is 1. The number of aliphatic hydroxyl groups is 1. The van der Waals surface area contributed by atoms with Crippen LogP contribution in [0.25, 0.3) is 11.3 Å². The predicted molar refractivity (Wildman–Crippen MR) is 109 cm³/mol. The van der Waals surface area contributed by atoms with Gasteiger partial charge >= 0.3 is 5.97 Å². The molecule has 1 heterocycles. The zero-order valence-corrected chi connectivity index (χ0v) is 17.0. The standard InChI is InChI=1S/C20H28N4O4/c1-6-28-11-17-23-16(10-22-4)18(24(17)12-20(2,3)26)14-8-7-13(9-15(14)21)19(25)27-5/h7-10,26H,6,11-12,21H2,1-5H3. The molecule has 8 heteroatoms. The van der Waals surface area contributed by atoms with Gasteiger partial charge in [0.15, 0.2) is 0 Å². The molecule has 0 saturated carbocycles. The molecule has 0 aliphatic carbocycles. The Morgan fingerprint density at radius 3 is 2.68 bits per heavy atom. The number of imidazole rings is 1. The summed E-state index contributed by atoms with van der Waals surface area (Å²) in [5.41, 5.74) is 8.03. The van der Waals surface area contributed by atoms with E-state index in [-0.39, 0.29) is 13.2 Å². The van der Waals surface area contributed by atoms with E-state index in [4.69, 9.17) is 15.2 Å². The fourth-order valence-corrected chi connectivity index (χ4v) is 2.90. The number of ether oxygens (including phenoxy) is 2. The van der Waals surface area contributed by atoms with Gasteiger partial charge in [-0.3, -0.25) is 4.99 Å². The summed E-state index contributed by atoms with van der Waals surface area (Å²) in [6.07, 6.45) is 1.64. The van der Waals surface area contributed by atoms with Crippen LogP contribution in [-0.4, -0.2) is 53.2 Å². The number of rotatable bonds is 8. The molecule has 0 saturated heterocycles. The lowest BCUT2D eigenvalue weighted by Crippen LogP contribution is -2.28. The third-order valence-corrected chi connectivity index (χ3v) is 4.03. The minimum atomic E-state index is -0.988. The quantitative estimate of drug-likeness (QED) is 0.408. The topological polar surface area (TPSA) is 112 Å². The molecule has 3 N–H and O–H groups in total. The second kappa shape index (κ2) is 8.99. The van der Waals surface area contributed by atoms with Crippen LogP contribution in [0.5, 0.6) is 0 Å². The molecule has 0 unspecified atom stereocenters. The minimum absolute atomic E-state index is 0.285. The summed E-state index contributed by atoms with van der Waals surface area (Å²) < 4.78 is 12.2. The molecule has 152 valence electrons. The summed E-state index contributed by atoms with van der Waals surface area (Å²) in [4.78, 5) is 20.5. The largest absolute Gasteiger partial charge is 0.465 e. The minimum Gasteiger partial charge on any atom is -0.465 e. The lowest BCUT2D eigenvalue weighted by atomic mass is 10.0. The molecule has 0 fully saturated rings. The first-order valence-electron chi connectivity index (χ1n) is 9.01. The molecule has 0 amide bonds. The maximum absolute atomic E-state index is 11.8. The van der Waals surface area contributed by atoms with E-state index in [9.17, 15) is 9.90 Å². The summed E-state index contributed by atoms with van der Waals surface area (Å²) in [6.45, 7) is 6.46. The van der Waals surface area contributed by atoms with Crippen molar-refractivity contribution < 1.29 is 19.4 Å². The molecule has 0 aliphatic heterocycles. The first-order valence-corrected chi connectivity index (χ1v) is 9.01. The summed E-state index contributed by atoms with van der Waals surface area (Å²) >= 11 is 0. The maximum atomic E-state index is 11.8. The Kier molecular flexibility index (Phi) is 6.93. The van der Waals surface area contributed by atoms with E-state index >= 15 is 0 Å². The van der Waals surface area contributed by atoms with E-state index in [0.717, 1.165) is 0 Å². The highest BCUT2D eigenvalue weighted by Crippen LogP contribution is 2.32. The van der Waals surface area contributed by atoms with Crippen LogP contribution in [0.15, 0.2) is 23.2 Å². The van der Waals surface area contributed by atoms with Crippen molar-refractivity contribution in [2.75, 3.05) is 26.5 Å². The van der Waals surface area contributed by atoms with Crippen LogP contribution in [0.3, 0.4) is 0 Å². The SMILES string of the molecule is CCOCc1nc(C=NC)c(-c2ccc(C(=O)OC)cc2N)n1CC(C)(C)O. The van der Waals surface area contributed by atoms with Crippen LogP contribution in [0.1, 0.15) is 42.6 Å². The zero-order chi connectivity index (χ0) is 20.9. The van der Waals surface area contributed by atoms with Gasteiger partial charge in [-0.25, -0.2) is 9.78 Å². The Labute approximate surface area is 165 Å². The van der Waals surface area contributed by atoms with Gasteiger partial charge < -0.3 is 24.9 Å². The molecular formula is C20H28N4O4. The maximum Gasteiger partial charge on any atom is 0.337 e. The second-order valence-electron chi connectivity index (χ2n) is 6.98. The number of nitrogens with two attached hydrogens (primary N) is 1. The molecule has 0 atom stereocenters. The molecule has 0 spiro atoms. The lowest BCUT2D eigenvalue weighted by molar-refractivity contribution is 0.0572. The van der Waals surface area contributed by atoms with Gasteiger partial charge in [0.25, 0.3) is 0 Å². The predicted octanol–water partition coefficient (Wildman–Crippen LogP) is 2.28. The van der Waals surface area contributed by atoms with Crippen LogP contribution < -0.4 is 5.73 Å². The third kappa shape index (κ3) is 4.96. The number of hydrogen-bond donors (Lipinski definition) is 2. The molecular weight excluding hydrogens is 360 g/mol. The van der Waals surface area contributed by atoms with Gasteiger partial charge in [0, 0.05) is 31.1 Å². The Bertz CT molecular complexity index is 866. The number of carbonyl (C=O) groups excluding carboxylic acids is 1. The molecule has 1 aromatic heterocycles. The van der Waals surface area contributed by atoms with E-state index in [0.29, 0.717) is 40.6 Å². The Morgan fingerprint density at radius 1 is 1.43 bits per heavy atom. The average molecular weight is 388 g/mol. The van der Waals surface area contributed by atoms with E-state index in [1.807, 2.05) is 11.5 Å².